The Bertz CT molecular complexity index is 411. The van der Waals surface area contributed by atoms with Crippen molar-refractivity contribution in [2.75, 3.05) is 0 Å². The molecule has 2 aliphatic carbocycles. The van der Waals surface area contributed by atoms with Gasteiger partial charge in [-0.05, 0) is 32.1 Å². The molecule has 2 N–H and O–H groups in total. The van der Waals surface area contributed by atoms with Crippen LogP contribution < -0.4 is 5.32 Å². The van der Waals surface area contributed by atoms with E-state index in [0.29, 0.717) is 32.1 Å². The SMILES string of the molecule is O=C(O)C1CCC(NC(=O)C2CCCCC2C(F)(F)F)C1. The van der Waals surface area contributed by atoms with Gasteiger partial charge in [-0.15, -0.1) is 0 Å². The van der Waals surface area contributed by atoms with Gasteiger partial charge in [0, 0.05) is 12.0 Å². The number of aliphatic carboxylic acids is 1. The number of nitrogens with one attached hydrogen (secondary N) is 1. The van der Waals surface area contributed by atoms with Crippen molar-refractivity contribution in [1.29, 1.82) is 0 Å². The molecule has 0 aliphatic heterocycles. The Labute approximate surface area is 121 Å². The molecule has 4 atom stereocenters. The zero-order valence-electron chi connectivity index (χ0n) is 11.7. The normalized spacial score (nSPS) is 33.7. The van der Waals surface area contributed by atoms with Crippen LogP contribution in [0, 0.1) is 17.8 Å². The number of carboxylic acid groups (broad SMARTS) is 1. The minimum atomic E-state index is -4.35. The molecule has 2 fully saturated rings. The zero-order chi connectivity index (χ0) is 15.6. The first-order valence-corrected chi connectivity index (χ1v) is 7.39. The first-order valence-electron chi connectivity index (χ1n) is 7.39. The van der Waals surface area contributed by atoms with Gasteiger partial charge in [-0.25, -0.2) is 0 Å². The quantitative estimate of drug-likeness (QED) is 0.842. The van der Waals surface area contributed by atoms with Gasteiger partial charge in [0.2, 0.25) is 5.91 Å². The Hall–Kier alpha value is -1.27. The van der Waals surface area contributed by atoms with Crippen molar-refractivity contribution in [1.82, 2.24) is 5.32 Å². The number of carbonyl (C=O) groups excluding carboxylic acids is 1. The van der Waals surface area contributed by atoms with Crippen LogP contribution in [0.15, 0.2) is 0 Å². The summed E-state index contributed by atoms with van der Waals surface area (Å²) in [5, 5.41) is 11.5. The maximum Gasteiger partial charge on any atom is 0.392 e. The van der Waals surface area contributed by atoms with Crippen LogP contribution in [0.1, 0.15) is 44.9 Å². The third-order valence-corrected chi connectivity index (χ3v) is 4.65. The van der Waals surface area contributed by atoms with Gasteiger partial charge < -0.3 is 10.4 Å². The van der Waals surface area contributed by atoms with Gasteiger partial charge in [0.1, 0.15) is 0 Å². The third-order valence-electron chi connectivity index (χ3n) is 4.65. The second kappa shape index (κ2) is 6.23. The van der Waals surface area contributed by atoms with Crippen molar-refractivity contribution in [2.45, 2.75) is 57.2 Å². The number of rotatable bonds is 3. The van der Waals surface area contributed by atoms with Crippen LogP contribution in [0.5, 0.6) is 0 Å². The van der Waals surface area contributed by atoms with Gasteiger partial charge in [0.15, 0.2) is 0 Å². The molecule has 0 radical (unpaired) electrons. The minimum Gasteiger partial charge on any atom is -0.481 e. The summed E-state index contributed by atoms with van der Waals surface area (Å²) in [6.45, 7) is 0. The second-order valence-electron chi connectivity index (χ2n) is 6.09. The topological polar surface area (TPSA) is 66.4 Å². The first-order chi connectivity index (χ1) is 9.79. The second-order valence-corrected chi connectivity index (χ2v) is 6.09. The zero-order valence-corrected chi connectivity index (χ0v) is 11.7. The molecule has 7 heteroatoms. The maximum atomic E-state index is 13.0. The van der Waals surface area contributed by atoms with Crippen molar-refractivity contribution in [3.63, 3.8) is 0 Å². The molecule has 0 heterocycles. The largest absolute Gasteiger partial charge is 0.481 e. The molecular weight excluding hydrogens is 287 g/mol. The van der Waals surface area contributed by atoms with Gasteiger partial charge in [-0.1, -0.05) is 12.8 Å². The lowest BCUT2D eigenvalue weighted by Crippen LogP contribution is -2.45. The summed E-state index contributed by atoms with van der Waals surface area (Å²) in [4.78, 5) is 23.0. The fourth-order valence-corrected chi connectivity index (χ4v) is 3.48. The molecule has 0 aromatic carbocycles. The van der Waals surface area contributed by atoms with Gasteiger partial charge in [0.25, 0.3) is 0 Å². The molecule has 21 heavy (non-hydrogen) atoms. The van der Waals surface area contributed by atoms with Crippen LogP contribution in [0.25, 0.3) is 0 Å². The summed E-state index contributed by atoms with van der Waals surface area (Å²) in [6, 6.07) is -0.311. The molecule has 0 aromatic rings. The Balaban J connectivity index is 1.94. The Morgan fingerprint density at radius 1 is 1.05 bits per heavy atom. The van der Waals surface area contributed by atoms with Crippen LogP contribution in [0.4, 0.5) is 13.2 Å². The lowest BCUT2D eigenvalue weighted by Gasteiger charge is -2.32. The molecule has 2 aliphatic rings. The van der Waals surface area contributed by atoms with Crippen LogP contribution in [-0.4, -0.2) is 29.2 Å². The highest BCUT2D eigenvalue weighted by molar-refractivity contribution is 5.79. The average molecular weight is 307 g/mol. The third kappa shape index (κ3) is 3.89. The Morgan fingerprint density at radius 3 is 2.29 bits per heavy atom. The van der Waals surface area contributed by atoms with Crippen LogP contribution >= 0.6 is 0 Å². The molecule has 4 nitrogen and oxygen atoms in total. The summed E-state index contributed by atoms with van der Waals surface area (Å²) < 4.78 is 38.9. The van der Waals surface area contributed by atoms with E-state index in [9.17, 15) is 22.8 Å². The maximum absolute atomic E-state index is 13.0. The van der Waals surface area contributed by atoms with E-state index in [-0.39, 0.29) is 18.9 Å². The van der Waals surface area contributed by atoms with E-state index >= 15 is 0 Å². The monoisotopic (exact) mass is 307 g/mol. The van der Waals surface area contributed by atoms with E-state index < -0.39 is 35.8 Å². The van der Waals surface area contributed by atoms with Gasteiger partial charge in [0.05, 0.1) is 11.8 Å². The standard InChI is InChI=1S/C14H20F3NO3/c15-14(16,17)11-4-2-1-3-10(11)12(19)18-9-6-5-8(7-9)13(20)21/h8-11H,1-7H2,(H,18,19)(H,20,21). The Morgan fingerprint density at radius 2 is 1.71 bits per heavy atom. The molecule has 1 amide bonds. The van der Waals surface area contributed by atoms with Crippen LogP contribution in [0.2, 0.25) is 0 Å². The van der Waals surface area contributed by atoms with Crippen molar-refractivity contribution < 1.29 is 27.9 Å². The molecule has 0 spiro atoms. The number of amides is 1. The number of halogens is 3. The van der Waals surface area contributed by atoms with E-state index in [1.165, 1.54) is 0 Å². The van der Waals surface area contributed by atoms with E-state index in [1.807, 2.05) is 0 Å². The smallest absolute Gasteiger partial charge is 0.392 e. The summed E-state index contributed by atoms with van der Waals surface area (Å²) in [5.74, 6) is -4.56. The van der Waals surface area contributed by atoms with E-state index in [2.05, 4.69) is 5.32 Å². The number of hydrogen-bond donors (Lipinski definition) is 2. The van der Waals surface area contributed by atoms with E-state index in [0.717, 1.165) is 0 Å². The number of carbonyl (C=O) groups is 2. The van der Waals surface area contributed by atoms with Gasteiger partial charge in [-0.3, -0.25) is 9.59 Å². The highest BCUT2D eigenvalue weighted by Crippen LogP contribution is 2.41. The predicted molar refractivity (Wildman–Crippen MR) is 68.4 cm³/mol. The van der Waals surface area contributed by atoms with Gasteiger partial charge in [-0.2, -0.15) is 13.2 Å². The highest BCUT2D eigenvalue weighted by atomic mass is 19.4. The fourth-order valence-electron chi connectivity index (χ4n) is 3.48. The summed E-state index contributed by atoms with van der Waals surface area (Å²) in [5.41, 5.74) is 0. The molecule has 120 valence electrons. The van der Waals surface area contributed by atoms with Crippen LogP contribution in [-0.2, 0) is 9.59 Å². The van der Waals surface area contributed by atoms with Crippen molar-refractivity contribution in [2.24, 2.45) is 17.8 Å². The highest BCUT2D eigenvalue weighted by Gasteiger charge is 2.48. The van der Waals surface area contributed by atoms with E-state index in [1.54, 1.807) is 0 Å². The van der Waals surface area contributed by atoms with E-state index in [4.69, 9.17) is 5.11 Å². The molecular formula is C14H20F3NO3. The number of carboxylic acids is 1. The minimum absolute atomic E-state index is 0.00397. The molecule has 0 bridgehead atoms. The molecule has 2 saturated carbocycles. The number of alkyl halides is 3. The molecule has 2 rings (SSSR count). The Kier molecular flexibility index (Phi) is 4.78. The average Bonchev–Trinajstić information content (AvgIpc) is 2.86. The predicted octanol–water partition coefficient (Wildman–Crippen LogP) is 2.72. The van der Waals surface area contributed by atoms with Crippen LogP contribution in [0.3, 0.4) is 0 Å². The van der Waals surface area contributed by atoms with Crippen molar-refractivity contribution in [3.05, 3.63) is 0 Å². The first kappa shape index (κ1) is 16.1. The lowest BCUT2D eigenvalue weighted by molar-refractivity contribution is -0.198. The summed E-state index contributed by atoms with van der Waals surface area (Å²) >= 11 is 0. The van der Waals surface area contributed by atoms with Gasteiger partial charge >= 0.3 is 12.1 Å². The molecule has 0 saturated heterocycles. The molecule has 0 aromatic heterocycles. The van der Waals surface area contributed by atoms with Crippen molar-refractivity contribution in [3.8, 4) is 0 Å². The fraction of sp³-hybridized carbons (Fsp3) is 0.857. The summed E-state index contributed by atoms with van der Waals surface area (Å²) in [7, 11) is 0. The van der Waals surface area contributed by atoms with Crippen molar-refractivity contribution >= 4 is 11.9 Å². The lowest BCUT2D eigenvalue weighted by atomic mass is 9.78. The number of hydrogen-bond acceptors (Lipinski definition) is 2. The molecule has 4 unspecified atom stereocenters. The summed E-state index contributed by atoms with van der Waals surface area (Å²) in [6.07, 6.45) is -1.66.